The Morgan fingerprint density at radius 3 is 2.88 bits per heavy atom. The molecule has 2 heterocycles. The normalized spacial score (nSPS) is 25.7. The quantitative estimate of drug-likeness (QED) is 0.836. The molecule has 0 aromatic heterocycles. The lowest BCUT2D eigenvalue weighted by molar-refractivity contribution is -0.135. The molecule has 6 heteroatoms. The van der Waals surface area contributed by atoms with Crippen molar-refractivity contribution in [1.82, 2.24) is 9.80 Å². The molecule has 0 aliphatic carbocycles. The Hall–Kier alpha value is -1.17. The SMILES string of the molecule is CC(C)N1CC2(CCN(Cc3c(F)cccc3Cl)C2)COCC1=O. The van der Waals surface area contributed by atoms with E-state index < -0.39 is 0 Å². The van der Waals surface area contributed by atoms with Crippen LogP contribution in [0.4, 0.5) is 4.39 Å². The second-order valence-electron chi connectivity index (χ2n) is 7.27. The van der Waals surface area contributed by atoms with Gasteiger partial charge in [0.2, 0.25) is 5.91 Å². The molecule has 2 saturated heterocycles. The Kier molecular flexibility index (Phi) is 5.13. The number of rotatable bonds is 3. The van der Waals surface area contributed by atoms with Gasteiger partial charge in [-0.2, -0.15) is 0 Å². The molecule has 0 N–H and O–H groups in total. The number of benzene rings is 1. The van der Waals surface area contributed by atoms with E-state index in [1.54, 1.807) is 12.1 Å². The molecule has 2 fully saturated rings. The van der Waals surface area contributed by atoms with Crippen LogP contribution in [-0.2, 0) is 16.1 Å². The molecule has 1 aromatic rings. The van der Waals surface area contributed by atoms with Crippen LogP contribution in [0.25, 0.3) is 0 Å². The Bertz CT molecular complexity index is 605. The van der Waals surface area contributed by atoms with E-state index in [4.69, 9.17) is 16.3 Å². The first-order valence-corrected chi connectivity index (χ1v) is 8.80. The van der Waals surface area contributed by atoms with Gasteiger partial charge in [-0.15, -0.1) is 0 Å². The largest absolute Gasteiger partial charge is 0.371 e. The predicted octanol–water partition coefficient (Wildman–Crippen LogP) is 2.94. The number of likely N-dealkylation sites (tertiary alicyclic amines) is 1. The lowest BCUT2D eigenvalue weighted by Crippen LogP contribution is -2.45. The molecule has 4 nitrogen and oxygen atoms in total. The molecule has 0 radical (unpaired) electrons. The summed E-state index contributed by atoms with van der Waals surface area (Å²) < 4.78 is 19.7. The van der Waals surface area contributed by atoms with Gasteiger partial charge in [0, 0.05) is 41.7 Å². The molecule has 1 unspecified atom stereocenters. The first kappa shape index (κ1) is 17.6. The minimum absolute atomic E-state index is 0.0532. The summed E-state index contributed by atoms with van der Waals surface area (Å²) in [6.07, 6.45) is 0.940. The zero-order valence-corrected chi connectivity index (χ0v) is 15.0. The Morgan fingerprint density at radius 1 is 1.38 bits per heavy atom. The number of amides is 1. The monoisotopic (exact) mass is 354 g/mol. The van der Waals surface area contributed by atoms with Crippen molar-refractivity contribution in [1.29, 1.82) is 0 Å². The summed E-state index contributed by atoms with van der Waals surface area (Å²) >= 11 is 6.15. The maximum atomic E-state index is 14.0. The molecule has 2 aliphatic heterocycles. The third-order valence-corrected chi connectivity index (χ3v) is 5.40. The average molecular weight is 355 g/mol. The zero-order chi connectivity index (χ0) is 17.3. The van der Waals surface area contributed by atoms with Gasteiger partial charge in [-0.1, -0.05) is 17.7 Å². The summed E-state index contributed by atoms with van der Waals surface area (Å²) in [6.45, 7) is 7.62. The zero-order valence-electron chi connectivity index (χ0n) is 14.2. The van der Waals surface area contributed by atoms with Crippen LogP contribution in [0.2, 0.25) is 5.02 Å². The summed E-state index contributed by atoms with van der Waals surface area (Å²) in [5.41, 5.74) is 0.469. The van der Waals surface area contributed by atoms with Gasteiger partial charge < -0.3 is 9.64 Å². The highest BCUT2D eigenvalue weighted by molar-refractivity contribution is 6.31. The average Bonchev–Trinajstić information content (AvgIpc) is 2.83. The molecule has 3 rings (SSSR count). The molecular formula is C18H24ClFN2O2. The van der Waals surface area contributed by atoms with Gasteiger partial charge in [-0.3, -0.25) is 9.69 Å². The van der Waals surface area contributed by atoms with Crippen molar-refractivity contribution in [2.75, 3.05) is 32.8 Å². The fourth-order valence-electron chi connectivity index (χ4n) is 3.72. The smallest absolute Gasteiger partial charge is 0.248 e. The molecule has 1 amide bonds. The molecule has 132 valence electrons. The summed E-state index contributed by atoms with van der Waals surface area (Å²) in [7, 11) is 0. The van der Waals surface area contributed by atoms with Crippen LogP contribution in [0.5, 0.6) is 0 Å². The number of ether oxygens (including phenoxy) is 1. The van der Waals surface area contributed by atoms with Crippen molar-refractivity contribution in [3.05, 3.63) is 34.6 Å². The van der Waals surface area contributed by atoms with Crippen molar-refractivity contribution in [3.8, 4) is 0 Å². The second-order valence-corrected chi connectivity index (χ2v) is 7.68. The van der Waals surface area contributed by atoms with Crippen molar-refractivity contribution in [3.63, 3.8) is 0 Å². The van der Waals surface area contributed by atoms with E-state index in [9.17, 15) is 9.18 Å². The fraction of sp³-hybridized carbons (Fsp3) is 0.611. The van der Waals surface area contributed by atoms with Crippen LogP contribution in [0.3, 0.4) is 0 Å². The van der Waals surface area contributed by atoms with Crippen molar-refractivity contribution in [2.45, 2.75) is 32.9 Å². The number of nitrogens with zero attached hydrogens (tertiary/aromatic N) is 2. The maximum absolute atomic E-state index is 14.0. The van der Waals surface area contributed by atoms with E-state index in [0.717, 1.165) is 19.5 Å². The van der Waals surface area contributed by atoms with Gasteiger partial charge in [0.25, 0.3) is 0 Å². The topological polar surface area (TPSA) is 32.8 Å². The lowest BCUT2D eigenvalue weighted by atomic mass is 9.87. The van der Waals surface area contributed by atoms with E-state index in [-0.39, 0.29) is 29.8 Å². The number of hydrogen-bond acceptors (Lipinski definition) is 3. The highest BCUT2D eigenvalue weighted by atomic mass is 35.5. The van der Waals surface area contributed by atoms with Gasteiger partial charge in [0.05, 0.1) is 6.61 Å². The highest BCUT2D eigenvalue weighted by Gasteiger charge is 2.43. The summed E-state index contributed by atoms with van der Waals surface area (Å²) in [6, 6.07) is 4.95. The van der Waals surface area contributed by atoms with E-state index in [0.29, 0.717) is 30.3 Å². The molecular weight excluding hydrogens is 331 g/mol. The van der Waals surface area contributed by atoms with Crippen molar-refractivity contribution >= 4 is 17.5 Å². The van der Waals surface area contributed by atoms with Crippen LogP contribution < -0.4 is 0 Å². The lowest BCUT2D eigenvalue weighted by Gasteiger charge is -2.34. The number of hydrogen-bond donors (Lipinski definition) is 0. The van der Waals surface area contributed by atoms with Gasteiger partial charge in [0.15, 0.2) is 0 Å². The van der Waals surface area contributed by atoms with Gasteiger partial charge >= 0.3 is 0 Å². The maximum Gasteiger partial charge on any atom is 0.248 e. The minimum Gasteiger partial charge on any atom is -0.371 e. The van der Waals surface area contributed by atoms with Gasteiger partial charge in [0.1, 0.15) is 12.4 Å². The van der Waals surface area contributed by atoms with E-state index in [1.807, 2.05) is 18.7 Å². The Balaban J connectivity index is 1.73. The predicted molar refractivity (Wildman–Crippen MR) is 91.4 cm³/mol. The first-order chi connectivity index (χ1) is 11.4. The fourth-order valence-corrected chi connectivity index (χ4v) is 3.94. The standard InChI is InChI=1S/C18H24ClFN2O2/c1-13(2)22-11-18(12-24-9-17(22)23)6-7-21(10-18)8-14-15(19)4-3-5-16(14)20/h3-5,13H,6-12H2,1-2H3. The third kappa shape index (κ3) is 3.58. The molecule has 1 atom stereocenters. The molecule has 1 spiro atoms. The molecule has 2 aliphatic rings. The molecule has 24 heavy (non-hydrogen) atoms. The summed E-state index contributed by atoms with van der Waals surface area (Å²) in [5.74, 6) is -0.211. The van der Waals surface area contributed by atoms with Gasteiger partial charge in [-0.05, 0) is 38.9 Å². The van der Waals surface area contributed by atoms with Crippen LogP contribution in [-0.4, -0.2) is 54.6 Å². The van der Waals surface area contributed by atoms with E-state index in [2.05, 4.69) is 4.90 Å². The highest BCUT2D eigenvalue weighted by Crippen LogP contribution is 2.35. The Morgan fingerprint density at radius 2 is 2.17 bits per heavy atom. The van der Waals surface area contributed by atoms with Crippen molar-refractivity contribution in [2.24, 2.45) is 5.41 Å². The van der Waals surface area contributed by atoms with E-state index >= 15 is 0 Å². The molecule has 0 bridgehead atoms. The first-order valence-electron chi connectivity index (χ1n) is 8.43. The Labute approximate surface area is 147 Å². The van der Waals surface area contributed by atoms with Crippen LogP contribution >= 0.6 is 11.6 Å². The number of carbonyl (C=O) groups is 1. The molecule has 1 aromatic carbocycles. The molecule has 0 saturated carbocycles. The summed E-state index contributed by atoms with van der Waals surface area (Å²) in [4.78, 5) is 16.3. The second kappa shape index (κ2) is 6.98. The van der Waals surface area contributed by atoms with Crippen molar-refractivity contribution < 1.29 is 13.9 Å². The van der Waals surface area contributed by atoms with E-state index in [1.165, 1.54) is 6.07 Å². The third-order valence-electron chi connectivity index (χ3n) is 5.04. The van der Waals surface area contributed by atoms with Crippen LogP contribution in [0.1, 0.15) is 25.8 Å². The number of halogens is 2. The van der Waals surface area contributed by atoms with Gasteiger partial charge in [-0.25, -0.2) is 4.39 Å². The summed E-state index contributed by atoms with van der Waals surface area (Å²) in [5, 5.41) is 0.465. The number of carbonyl (C=O) groups excluding carboxylic acids is 1. The van der Waals surface area contributed by atoms with Crippen LogP contribution in [0.15, 0.2) is 18.2 Å². The minimum atomic E-state index is -0.264. The van der Waals surface area contributed by atoms with Crippen LogP contribution in [0, 0.1) is 11.2 Å².